The minimum Gasteiger partial charge on any atom is -0.396 e. The molecule has 1 unspecified atom stereocenters. The highest BCUT2D eigenvalue weighted by atomic mass is 127. The second-order valence-corrected chi connectivity index (χ2v) is 2.87. The Labute approximate surface area is 75.3 Å². The Morgan fingerprint density at radius 3 is 2.00 bits per heavy atom. The second-order valence-electron chi connectivity index (χ2n) is 2.25. The van der Waals surface area contributed by atoms with Gasteiger partial charge < -0.3 is 10.2 Å². The maximum atomic E-state index is 8.76. The standard InChI is InChI=1S/C6H14INO2/c1-2-6(8-7)5(3-9)4-10/h5-6,8-10H,2-4H2,1H3. The van der Waals surface area contributed by atoms with Crippen LogP contribution in [-0.2, 0) is 0 Å². The van der Waals surface area contributed by atoms with Gasteiger partial charge in [-0.25, -0.2) is 0 Å². The highest BCUT2D eigenvalue weighted by molar-refractivity contribution is 14.1. The van der Waals surface area contributed by atoms with Gasteiger partial charge in [0.2, 0.25) is 0 Å². The summed E-state index contributed by atoms with van der Waals surface area (Å²) < 4.78 is 3.00. The molecule has 62 valence electrons. The molecule has 0 aromatic heterocycles. The quantitative estimate of drug-likeness (QED) is 0.492. The summed E-state index contributed by atoms with van der Waals surface area (Å²) in [6, 6.07) is 0.218. The van der Waals surface area contributed by atoms with E-state index in [4.69, 9.17) is 10.2 Å². The van der Waals surface area contributed by atoms with Crippen LogP contribution in [0.4, 0.5) is 0 Å². The second kappa shape index (κ2) is 6.33. The molecule has 0 rings (SSSR count). The molecule has 0 radical (unpaired) electrons. The zero-order valence-corrected chi connectivity index (χ0v) is 8.21. The normalized spacial score (nSPS) is 14.1. The van der Waals surface area contributed by atoms with Gasteiger partial charge in [0.15, 0.2) is 0 Å². The molecule has 0 heterocycles. The van der Waals surface area contributed by atoms with E-state index in [1.54, 1.807) is 0 Å². The van der Waals surface area contributed by atoms with Crippen LogP contribution < -0.4 is 3.53 Å². The molecule has 0 saturated heterocycles. The summed E-state index contributed by atoms with van der Waals surface area (Å²) in [7, 11) is 0. The molecule has 0 saturated carbocycles. The molecule has 0 aliphatic heterocycles. The Kier molecular flexibility index (Phi) is 6.71. The van der Waals surface area contributed by atoms with Crippen LogP contribution in [0.2, 0.25) is 0 Å². The maximum Gasteiger partial charge on any atom is 0.0496 e. The van der Waals surface area contributed by atoms with Gasteiger partial charge in [0.05, 0.1) is 0 Å². The lowest BCUT2D eigenvalue weighted by molar-refractivity contribution is 0.127. The molecule has 0 aliphatic rings. The molecule has 0 amide bonds. The van der Waals surface area contributed by atoms with Crippen LogP contribution in [0.1, 0.15) is 13.3 Å². The number of aliphatic hydroxyl groups is 2. The Hall–Kier alpha value is 0.610. The van der Waals surface area contributed by atoms with Gasteiger partial charge in [0.25, 0.3) is 0 Å². The van der Waals surface area contributed by atoms with Crippen LogP contribution in [0.3, 0.4) is 0 Å². The van der Waals surface area contributed by atoms with Crippen molar-refractivity contribution in [2.45, 2.75) is 19.4 Å². The summed E-state index contributed by atoms with van der Waals surface area (Å²) in [6.45, 7) is 2.12. The molecular formula is C6H14INO2. The van der Waals surface area contributed by atoms with Crippen molar-refractivity contribution >= 4 is 22.9 Å². The van der Waals surface area contributed by atoms with Gasteiger partial charge in [-0.1, -0.05) is 6.92 Å². The maximum absolute atomic E-state index is 8.76. The Morgan fingerprint density at radius 1 is 1.40 bits per heavy atom. The van der Waals surface area contributed by atoms with Gasteiger partial charge >= 0.3 is 0 Å². The first kappa shape index (κ1) is 10.6. The molecule has 4 heteroatoms. The van der Waals surface area contributed by atoms with Crippen molar-refractivity contribution in [1.29, 1.82) is 0 Å². The summed E-state index contributed by atoms with van der Waals surface area (Å²) in [4.78, 5) is 0. The van der Waals surface area contributed by atoms with E-state index < -0.39 is 0 Å². The SMILES string of the molecule is CCC(NI)C(CO)CO. The Bertz CT molecular complexity index is 64.1. The highest BCUT2D eigenvalue weighted by Crippen LogP contribution is 2.07. The van der Waals surface area contributed by atoms with E-state index in [0.717, 1.165) is 6.42 Å². The van der Waals surface area contributed by atoms with E-state index in [2.05, 4.69) is 3.53 Å². The zero-order valence-electron chi connectivity index (χ0n) is 6.05. The van der Waals surface area contributed by atoms with Crippen molar-refractivity contribution in [2.24, 2.45) is 5.92 Å². The molecule has 3 N–H and O–H groups in total. The van der Waals surface area contributed by atoms with Crippen LogP contribution in [0, 0.1) is 5.92 Å². The van der Waals surface area contributed by atoms with E-state index >= 15 is 0 Å². The van der Waals surface area contributed by atoms with Crippen molar-refractivity contribution < 1.29 is 10.2 Å². The lowest BCUT2D eigenvalue weighted by atomic mass is 10.0. The summed E-state index contributed by atoms with van der Waals surface area (Å²) in [5.74, 6) is -0.0260. The first-order valence-corrected chi connectivity index (χ1v) is 4.45. The first-order valence-electron chi connectivity index (χ1n) is 3.38. The van der Waals surface area contributed by atoms with Crippen LogP contribution in [0.15, 0.2) is 0 Å². The third-order valence-electron chi connectivity index (χ3n) is 1.62. The van der Waals surface area contributed by atoms with Gasteiger partial charge in [-0.05, 0) is 6.42 Å². The Morgan fingerprint density at radius 2 is 1.90 bits per heavy atom. The minimum absolute atomic E-state index is 0.0260. The van der Waals surface area contributed by atoms with Gasteiger partial charge in [-0.3, -0.25) is 3.53 Å². The van der Waals surface area contributed by atoms with Crippen LogP contribution >= 0.6 is 22.9 Å². The van der Waals surface area contributed by atoms with Gasteiger partial charge in [-0.2, -0.15) is 0 Å². The summed E-state index contributed by atoms with van der Waals surface area (Å²) in [5, 5.41) is 17.5. The summed E-state index contributed by atoms with van der Waals surface area (Å²) >= 11 is 2.04. The third-order valence-corrected chi connectivity index (χ3v) is 2.42. The van der Waals surface area contributed by atoms with Crippen LogP contribution in [0.5, 0.6) is 0 Å². The number of hydrogen-bond acceptors (Lipinski definition) is 3. The van der Waals surface area contributed by atoms with Crippen molar-refractivity contribution in [3.63, 3.8) is 0 Å². The van der Waals surface area contributed by atoms with E-state index in [0.29, 0.717) is 0 Å². The van der Waals surface area contributed by atoms with E-state index in [9.17, 15) is 0 Å². The molecule has 3 nitrogen and oxygen atoms in total. The average Bonchev–Trinajstić information content (AvgIpc) is 2.00. The fourth-order valence-electron chi connectivity index (χ4n) is 0.812. The molecular weight excluding hydrogens is 245 g/mol. The lowest BCUT2D eigenvalue weighted by Gasteiger charge is -2.20. The number of rotatable bonds is 5. The van der Waals surface area contributed by atoms with Crippen molar-refractivity contribution in [1.82, 2.24) is 3.53 Å². The van der Waals surface area contributed by atoms with Crippen molar-refractivity contribution in [3.05, 3.63) is 0 Å². The van der Waals surface area contributed by atoms with E-state index in [1.807, 2.05) is 29.8 Å². The molecule has 0 aliphatic carbocycles. The largest absolute Gasteiger partial charge is 0.396 e. The molecule has 0 aromatic carbocycles. The number of aliphatic hydroxyl groups excluding tert-OH is 2. The number of nitrogens with one attached hydrogen (secondary N) is 1. The molecule has 1 atom stereocenters. The van der Waals surface area contributed by atoms with Gasteiger partial charge in [0, 0.05) is 48.0 Å². The predicted molar refractivity (Wildman–Crippen MR) is 48.9 cm³/mol. The fourth-order valence-corrected chi connectivity index (χ4v) is 1.76. The first-order chi connectivity index (χ1) is 4.79. The number of hydrogen-bond donors (Lipinski definition) is 3. The van der Waals surface area contributed by atoms with Crippen LogP contribution in [0.25, 0.3) is 0 Å². The monoisotopic (exact) mass is 259 g/mol. The molecule has 10 heavy (non-hydrogen) atoms. The number of halogens is 1. The molecule has 0 bridgehead atoms. The summed E-state index contributed by atoms with van der Waals surface area (Å²) in [5.41, 5.74) is 0. The molecule has 0 fully saturated rings. The van der Waals surface area contributed by atoms with E-state index in [-0.39, 0.29) is 25.2 Å². The lowest BCUT2D eigenvalue weighted by Crippen LogP contribution is -2.34. The zero-order chi connectivity index (χ0) is 7.98. The minimum atomic E-state index is -0.0260. The van der Waals surface area contributed by atoms with Crippen molar-refractivity contribution in [3.8, 4) is 0 Å². The molecule has 0 aromatic rings. The highest BCUT2D eigenvalue weighted by Gasteiger charge is 2.16. The van der Waals surface area contributed by atoms with Crippen LogP contribution in [-0.4, -0.2) is 29.5 Å². The Balaban J connectivity index is 3.70. The summed E-state index contributed by atoms with van der Waals surface area (Å²) in [6.07, 6.45) is 0.925. The third kappa shape index (κ3) is 3.14. The molecule has 0 spiro atoms. The predicted octanol–water partition coefficient (Wildman–Crippen LogP) is 0.305. The fraction of sp³-hybridized carbons (Fsp3) is 1.00. The van der Waals surface area contributed by atoms with Gasteiger partial charge in [0.1, 0.15) is 0 Å². The smallest absolute Gasteiger partial charge is 0.0496 e. The van der Waals surface area contributed by atoms with Crippen molar-refractivity contribution in [2.75, 3.05) is 13.2 Å². The van der Waals surface area contributed by atoms with E-state index in [1.165, 1.54) is 0 Å². The average molecular weight is 259 g/mol. The van der Waals surface area contributed by atoms with Gasteiger partial charge in [-0.15, -0.1) is 0 Å². The topological polar surface area (TPSA) is 52.5 Å².